The van der Waals surface area contributed by atoms with Crippen molar-refractivity contribution in [2.24, 2.45) is 0 Å². The Morgan fingerprint density at radius 2 is 2.26 bits per heavy atom. The number of phenolic OH excluding ortho intramolecular Hbond substituents is 1. The molecule has 0 aromatic heterocycles. The molecule has 5 heteroatoms. The van der Waals surface area contributed by atoms with Crippen LogP contribution in [0.2, 0.25) is 0 Å². The average Bonchev–Trinajstić information content (AvgIpc) is 2.38. The van der Waals surface area contributed by atoms with E-state index < -0.39 is 12.3 Å². The first kappa shape index (κ1) is 13.8. The van der Waals surface area contributed by atoms with E-state index in [0.29, 0.717) is 12.0 Å². The van der Waals surface area contributed by atoms with Crippen LogP contribution in [0.1, 0.15) is 41.6 Å². The van der Waals surface area contributed by atoms with Crippen molar-refractivity contribution < 1.29 is 24.1 Å². The van der Waals surface area contributed by atoms with Crippen molar-refractivity contribution in [2.45, 2.75) is 32.7 Å². The summed E-state index contributed by atoms with van der Waals surface area (Å²) in [4.78, 5) is 11.7. The molecule has 0 saturated heterocycles. The molecule has 0 amide bonds. The Morgan fingerprint density at radius 3 is 2.89 bits per heavy atom. The van der Waals surface area contributed by atoms with E-state index in [0.717, 1.165) is 5.56 Å². The third-order valence-corrected chi connectivity index (χ3v) is 3.12. The minimum atomic E-state index is -0.659. The Bertz CT molecular complexity index is 483. The van der Waals surface area contributed by atoms with E-state index in [1.807, 2.05) is 13.0 Å². The summed E-state index contributed by atoms with van der Waals surface area (Å²) in [5, 5.41) is 10.3. The van der Waals surface area contributed by atoms with Crippen LogP contribution in [0.25, 0.3) is 0 Å². The highest BCUT2D eigenvalue weighted by Crippen LogP contribution is 2.38. The van der Waals surface area contributed by atoms with Gasteiger partial charge >= 0.3 is 5.97 Å². The van der Waals surface area contributed by atoms with Crippen molar-refractivity contribution >= 4 is 5.97 Å². The number of methoxy groups -OCH3 is 1. The summed E-state index contributed by atoms with van der Waals surface area (Å²) in [6.45, 7) is 3.91. The van der Waals surface area contributed by atoms with Crippen LogP contribution in [0.5, 0.6) is 5.75 Å². The van der Waals surface area contributed by atoms with E-state index >= 15 is 0 Å². The number of phenols is 1. The van der Waals surface area contributed by atoms with Gasteiger partial charge in [0.15, 0.2) is 6.29 Å². The zero-order valence-electron chi connectivity index (χ0n) is 11.3. The Morgan fingerprint density at radius 1 is 1.53 bits per heavy atom. The fourth-order valence-electron chi connectivity index (χ4n) is 2.27. The Balaban J connectivity index is 2.45. The highest BCUT2D eigenvalue weighted by molar-refractivity contribution is 5.93. The molecule has 0 aliphatic carbocycles. The van der Waals surface area contributed by atoms with Gasteiger partial charge in [-0.1, -0.05) is 6.07 Å². The maximum absolute atomic E-state index is 11.7. The maximum Gasteiger partial charge on any atom is 0.341 e. The van der Waals surface area contributed by atoms with Gasteiger partial charge in [0.2, 0.25) is 0 Å². The number of hydrogen-bond acceptors (Lipinski definition) is 5. The van der Waals surface area contributed by atoms with E-state index in [1.54, 1.807) is 13.0 Å². The van der Waals surface area contributed by atoms with Crippen molar-refractivity contribution in [3.8, 4) is 5.75 Å². The molecule has 19 heavy (non-hydrogen) atoms. The second-order valence-electron chi connectivity index (χ2n) is 4.47. The van der Waals surface area contributed by atoms with E-state index in [-0.39, 0.29) is 24.0 Å². The third-order valence-electron chi connectivity index (χ3n) is 3.12. The van der Waals surface area contributed by atoms with Crippen LogP contribution in [0.15, 0.2) is 12.1 Å². The van der Waals surface area contributed by atoms with Gasteiger partial charge in [0.1, 0.15) is 11.3 Å². The third kappa shape index (κ3) is 2.57. The lowest BCUT2D eigenvalue weighted by Crippen LogP contribution is -2.25. The normalized spacial score (nSPS) is 21.8. The van der Waals surface area contributed by atoms with Crippen LogP contribution in [0, 0.1) is 0 Å². The quantitative estimate of drug-likeness (QED) is 0.849. The molecule has 1 aliphatic rings. The first-order chi connectivity index (χ1) is 9.08. The fraction of sp³-hybridized carbons (Fsp3) is 0.500. The summed E-state index contributed by atoms with van der Waals surface area (Å²) in [7, 11) is 1.50. The second kappa shape index (κ2) is 5.59. The molecule has 1 heterocycles. The minimum absolute atomic E-state index is 0.00490. The Hall–Kier alpha value is -1.59. The Kier molecular flexibility index (Phi) is 4.07. The van der Waals surface area contributed by atoms with Crippen molar-refractivity contribution in [2.75, 3.05) is 13.7 Å². The van der Waals surface area contributed by atoms with Gasteiger partial charge in [0, 0.05) is 7.11 Å². The molecule has 0 saturated carbocycles. The maximum atomic E-state index is 11.7. The SMILES string of the molecule is CCOC(=O)c1ccc2c(c1O)[C@@H](OC)O[C@H](C)C2. The summed E-state index contributed by atoms with van der Waals surface area (Å²) in [6, 6.07) is 3.39. The Labute approximate surface area is 112 Å². The van der Waals surface area contributed by atoms with Crippen molar-refractivity contribution in [3.05, 3.63) is 28.8 Å². The summed E-state index contributed by atoms with van der Waals surface area (Å²) in [5.74, 6) is -0.661. The minimum Gasteiger partial charge on any atom is -0.507 e. The molecule has 0 unspecified atom stereocenters. The van der Waals surface area contributed by atoms with Crippen LogP contribution >= 0.6 is 0 Å². The summed E-state index contributed by atoms with van der Waals surface area (Å²) < 4.78 is 15.7. The predicted molar refractivity (Wildman–Crippen MR) is 68.1 cm³/mol. The summed E-state index contributed by atoms with van der Waals surface area (Å²) in [6.07, 6.45) is 0.0182. The van der Waals surface area contributed by atoms with Gasteiger partial charge < -0.3 is 19.3 Å². The van der Waals surface area contributed by atoms with E-state index in [9.17, 15) is 9.90 Å². The number of fused-ring (bicyclic) bond motifs is 1. The molecule has 2 atom stereocenters. The molecule has 1 aromatic rings. The molecule has 1 aliphatic heterocycles. The molecular formula is C14H18O5. The molecule has 0 radical (unpaired) electrons. The standard InChI is InChI=1S/C14H18O5/c1-4-18-13(16)10-6-5-9-7-8(2)19-14(17-3)11(9)12(10)15/h5-6,8,14-15H,4,7H2,1-3H3/t8-,14+/m1/s1. The topological polar surface area (TPSA) is 65.0 Å². The summed E-state index contributed by atoms with van der Waals surface area (Å²) >= 11 is 0. The number of benzene rings is 1. The smallest absolute Gasteiger partial charge is 0.341 e. The molecule has 0 bridgehead atoms. The average molecular weight is 266 g/mol. The number of rotatable bonds is 3. The van der Waals surface area contributed by atoms with E-state index in [4.69, 9.17) is 14.2 Å². The molecule has 0 fully saturated rings. The molecule has 104 valence electrons. The number of ether oxygens (including phenoxy) is 3. The molecule has 1 N–H and O–H groups in total. The van der Waals surface area contributed by atoms with Crippen LogP contribution < -0.4 is 0 Å². The van der Waals surface area contributed by atoms with Crippen molar-refractivity contribution in [3.63, 3.8) is 0 Å². The molecule has 2 rings (SSSR count). The van der Waals surface area contributed by atoms with E-state index in [1.165, 1.54) is 7.11 Å². The van der Waals surface area contributed by atoms with Gasteiger partial charge in [-0.3, -0.25) is 0 Å². The lowest BCUT2D eigenvalue weighted by atomic mass is 9.95. The largest absolute Gasteiger partial charge is 0.507 e. The highest BCUT2D eigenvalue weighted by Gasteiger charge is 2.30. The predicted octanol–water partition coefficient (Wildman–Crippen LogP) is 2.18. The number of esters is 1. The van der Waals surface area contributed by atoms with E-state index in [2.05, 4.69) is 0 Å². The molecule has 0 spiro atoms. The van der Waals surface area contributed by atoms with Crippen LogP contribution in [-0.2, 0) is 20.6 Å². The van der Waals surface area contributed by atoms with Gasteiger partial charge in [-0.25, -0.2) is 4.79 Å². The zero-order valence-corrected chi connectivity index (χ0v) is 11.3. The van der Waals surface area contributed by atoms with Gasteiger partial charge in [0.25, 0.3) is 0 Å². The van der Waals surface area contributed by atoms with Crippen LogP contribution in [-0.4, -0.2) is 30.9 Å². The van der Waals surface area contributed by atoms with Gasteiger partial charge in [-0.15, -0.1) is 0 Å². The first-order valence-electron chi connectivity index (χ1n) is 6.28. The fourth-order valence-corrected chi connectivity index (χ4v) is 2.27. The van der Waals surface area contributed by atoms with Gasteiger partial charge in [0.05, 0.1) is 18.3 Å². The first-order valence-corrected chi connectivity index (χ1v) is 6.28. The van der Waals surface area contributed by atoms with Gasteiger partial charge in [-0.05, 0) is 31.9 Å². The monoisotopic (exact) mass is 266 g/mol. The van der Waals surface area contributed by atoms with Gasteiger partial charge in [-0.2, -0.15) is 0 Å². The number of carbonyl (C=O) groups is 1. The van der Waals surface area contributed by atoms with Crippen LogP contribution in [0.4, 0.5) is 0 Å². The van der Waals surface area contributed by atoms with Crippen LogP contribution in [0.3, 0.4) is 0 Å². The van der Waals surface area contributed by atoms with Crippen molar-refractivity contribution in [1.82, 2.24) is 0 Å². The lowest BCUT2D eigenvalue weighted by molar-refractivity contribution is -0.164. The molecule has 5 nitrogen and oxygen atoms in total. The molecular weight excluding hydrogens is 248 g/mol. The van der Waals surface area contributed by atoms with Crippen molar-refractivity contribution in [1.29, 1.82) is 0 Å². The zero-order chi connectivity index (χ0) is 14.0. The number of hydrogen-bond donors (Lipinski definition) is 1. The number of aromatic hydroxyl groups is 1. The highest BCUT2D eigenvalue weighted by atomic mass is 16.7. The number of carbonyl (C=O) groups excluding carboxylic acids is 1. The summed E-state index contributed by atoms with van der Waals surface area (Å²) in [5.41, 5.74) is 1.59. The lowest BCUT2D eigenvalue weighted by Gasteiger charge is -2.30. The molecule has 1 aromatic carbocycles. The second-order valence-corrected chi connectivity index (χ2v) is 4.47.